The van der Waals surface area contributed by atoms with Crippen molar-refractivity contribution in [3.63, 3.8) is 0 Å². The van der Waals surface area contributed by atoms with E-state index in [0.29, 0.717) is 61.4 Å². The fraction of sp³-hybridized carbons (Fsp3) is 0.357. The number of rotatable bonds is 8. The number of carbonyl (C=O) groups is 2. The molecule has 2 aromatic carbocycles. The van der Waals surface area contributed by atoms with Crippen LogP contribution >= 0.6 is 11.6 Å². The van der Waals surface area contributed by atoms with Crippen LogP contribution in [0.5, 0.6) is 5.75 Å². The van der Waals surface area contributed by atoms with Gasteiger partial charge in [-0.25, -0.2) is 4.98 Å². The number of hydrogen-bond donors (Lipinski definition) is 3. The second kappa shape index (κ2) is 12.3. The summed E-state index contributed by atoms with van der Waals surface area (Å²) in [5.41, 5.74) is 1.28. The minimum atomic E-state index is -0.376. The van der Waals surface area contributed by atoms with Crippen LogP contribution in [0.4, 0.5) is 17.3 Å². The largest absolute Gasteiger partial charge is 0.490 e. The Morgan fingerprint density at radius 3 is 2.54 bits per heavy atom. The molecule has 0 aliphatic carbocycles. The molecule has 11 heteroatoms. The Morgan fingerprint density at radius 1 is 1.08 bits per heavy atom. The topological polar surface area (TPSA) is 124 Å². The van der Waals surface area contributed by atoms with E-state index in [-0.39, 0.29) is 41.6 Å². The van der Waals surface area contributed by atoms with Gasteiger partial charge >= 0.3 is 0 Å². The van der Waals surface area contributed by atoms with Crippen molar-refractivity contribution >= 4 is 40.7 Å². The Hall–Kier alpha value is -3.89. The van der Waals surface area contributed by atoms with E-state index in [1.165, 1.54) is 10.8 Å². The van der Waals surface area contributed by atoms with Crippen molar-refractivity contribution in [1.82, 2.24) is 14.9 Å². The first-order chi connectivity index (χ1) is 18.9. The first-order valence-electron chi connectivity index (χ1n) is 13.0. The zero-order valence-electron chi connectivity index (χ0n) is 21.3. The molecule has 1 unspecified atom stereocenters. The minimum Gasteiger partial charge on any atom is -0.490 e. The van der Waals surface area contributed by atoms with Gasteiger partial charge in [0.05, 0.1) is 19.2 Å². The fourth-order valence-corrected chi connectivity index (χ4v) is 4.71. The highest BCUT2D eigenvalue weighted by Gasteiger charge is 2.23. The predicted molar refractivity (Wildman–Crippen MR) is 148 cm³/mol. The molecule has 39 heavy (non-hydrogen) atoms. The first kappa shape index (κ1) is 26.7. The molecular formula is C28H30ClN5O5. The number of carbonyl (C=O) groups excluding carboxylic acids is 2. The molecule has 5 rings (SSSR count). The highest BCUT2D eigenvalue weighted by molar-refractivity contribution is 6.30. The number of nitrogens with one attached hydrogen (secondary N) is 3. The molecule has 2 amide bonds. The van der Waals surface area contributed by atoms with Crippen LogP contribution in [0, 0.1) is 5.92 Å². The van der Waals surface area contributed by atoms with E-state index in [4.69, 9.17) is 21.1 Å². The lowest BCUT2D eigenvalue weighted by Crippen LogP contribution is -2.38. The summed E-state index contributed by atoms with van der Waals surface area (Å²) in [6.45, 7) is 1.88. The van der Waals surface area contributed by atoms with Gasteiger partial charge in [-0.3, -0.25) is 19.0 Å². The molecule has 10 nitrogen and oxygen atoms in total. The van der Waals surface area contributed by atoms with Crippen molar-refractivity contribution < 1.29 is 19.1 Å². The van der Waals surface area contributed by atoms with E-state index in [0.717, 1.165) is 12.0 Å². The van der Waals surface area contributed by atoms with Gasteiger partial charge in [0.25, 0.3) is 5.56 Å². The average Bonchev–Trinajstić information content (AvgIpc) is 2.95. The van der Waals surface area contributed by atoms with Crippen LogP contribution in [0.2, 0.25) is 5.02 Å². The molecule has 3 heterocycles. The van der Waals surface area contributed by atoms with Crippen LogP contribution in [0.15, 0.2) is 59.5 Å². The molecule has 0 saturated carbocycles. The molecule has 2 saturated heterocycles. The Bertz CT molecular complexity index is 1370. The number of halogens is 1. The maximum Gasteiger partial charge on any atom is 0.279 e. The summed E-state index contributed by atoms with van der Waals surface area (Å²) in [6.07, 6.45) is 3.54. The number of anilines is 3. The third kappa shape index (κ3) is 6.96. The van der Waals surface area contributed by atoms with Crippen LogP contribution in [0.3, 0.4) is 0 Å². The second-order valence-electron chi connectivity index (χ2n) is 9.62. The predicted octanol–water partition coefficient (Wildman–Crippen LogP) is 3.71. The number of hydrogen-bond acceptors (Lipinski definition) is 7. The molecule has 0 bridgehead atoms. The third-order valence-electron chi connectivity index (χ3n) is 6.77. The summed E-state index contributed by atoms with van der Waals surface area (Å²) >= 11 is 6.04. The number of nitrogens with zero attached hydrogens (tertiary/aromatic N) is 2. The summed E-state index contributed by atoms with van der Waals surface area (Å²) in [5.74, 6) is 0.544. The number of aromatic nitrogens is 2. The highest BCUT2D eigenvalue weighted by atomic mass is 35.5. The molecule has 1 atom stereocenters. The van der Waals surface area contributed by atoms with Crippen LogP contribution in [-0.2, 0) is 20.9 Å². The molecule has 0 radical (unpaired) electrons. The standard InChI is InChI=1S/C28H30ClN5O5/c29-20-3-1-18(2-4-20)17-34-27(37)24(33-26(36)19-10-13-38-14-11-19)16-31-28(34)32-21-5-7-22(8-6-21)39-23-9-12-30-25(35)15-23/h1-8,16,19,23H,9-15,17H2,(H,30,35)(H,31,32)(H,33,36). The number of benzene rings is 2. The maximum atomic E-state index is 13.5. The Kier molecular flexibility index (Phi) is 8.43. The van der Waals surface area contributed by atoms with Gasteiger partial charge in [0.1, 0.15) is 17.5 Å². The molecule has 0 spiro atoms. The average molecular weight is 552 g/mol. The van der Waals surface area contributed by atoms with E-state index >= 15 is 0 Å². The SMILES string of the molecule is O=C1CC(Oc2ccc(Nc3ncc(NC(=O)C4CCOCC4)c(=O)n3Cc3ccc(Cl)cc3)cc2)CCN1. The van der Waals surface area contributed by atoms with Crippen molar-refractivity contribution in [3.8, 4) is 5.75 Å². The smallest absolute Gasteiger partial charge is 0.279 e. The summed E-state index contributed by atoms with van der Waals surface area (Å²) in [6, 6.07) is 14.4. The normalized spacial score (nSPS) is 17.8. The van der Waals surface area contributed by atoms with Gasteiger partial charge in [-0.1, -0.05) is 23.7 Å². The van der Waals surface area contributed by atoms with Crippen LogP contribution in [0.1, 0.15) is 31.2 Å². The van der Waals surface area contributed by atoms with Gasteiger partial charge in [0.2, 0.25) is 17.8 Å². The molecule has 3 aromatic rings. The van der Waals surface area contributed by atoms with Gasteiger partial charge < -0.3 is 25.4 Å². The zero-order valence-corrected chi connectivity index (χ0v) is 22.1. The Labute approximate surface area is 230 Å². The fourth-order valence-electron chi connectivity index (χ4n) is 4.58. The maximum absolute atomic E-state index is 13.5. The number of amides is 2. The van der Waals surface area contributed by atoms with E-state index < -0.39 is 0 Å². The number of piperidine rings is 1. The molecule has 3 N–H and O–H groups in total. The highest BCUT2D eigenvalue weighted by Crippen LogP contribution is 2.23. The third-order valence-corrected chi connectivity index (χ3v) is 7.02. The van der Waals surface area contributed by atoms with Gasteiger partial charge in [-0.2, -0.15) is 0 Å². The Balaban J connectivity index is 1.36. The van der Waals surface area contributed by atoms with Crippen molar-refractivity contribution in [3.05, 3.63) is 75.7 Å². The van der Waals surface area contributed by atoms with E-state index in [2.05, 4.69) is 20.9 Å². The van der Waals surface area contributed by atoms with Crippen molar-refractivity contribution in [2.45, 2.75) is 38.3 Å². The summed E-state index contributed by atoms with van der Waals surface area (Å²) in [7, 11) is 0. The molecule has 2 fully saturated rings. The lowest BCUT2D eigenvalue weighted by Gasteiger charge is -2.23. The van der Waals surface area contributed by atoms with Gasteiger partial charge in [-0.15, -0.1) is 0 Å². The lowest BCUT2D eigenvalue weighted by molar-refractivity contribution is -0.124. The summed E-state index contributed by atoms with van der Waals surface area (Å²) in [5, 5.41) is 9.37. The van der Waals surface area contributed by atoms with Gasteiger partial charge in [0, 0.05) is 42.8 Å². The second-order valence-corrected chi connectivity index (χ2v) is 10.1. The van der Waals surface area contributed by atoms with Gasteiger partial charge in [0.15, 0.2) is 0 Å². The molecule has 204 valence electrons. The van der Waals surface area contributed by atoms with Crippen LogP contribution in [0.25, 0.3) is 0 Å². The number of ether oxygens (including phenoxy) is 2. The Morgan fingerprint density at radius 2 is 1.82 bits per heavy atom. The molecule has 2 aliphatic rings. The van der Waals surface area contributed by atoms with Crippen molar-refractivity contribution in [2.24, 2.45) is 5.92 Å². The van der Waals surface area contributed by atoms with E-state index in [1.54, 1.807) is 24.3 Å². The molecular weight excluding hydrogens is 522 g/mol. The summed E-state index contributed by atoms with van der Waals surface area (Å²) < 4.78 is 12.8. The van der Waals surface area contributed by atoms with Crippen molar-refractivity contribution in [1.29, 1.82) is 0 Å². The molecule has 1 aromatic heterocycles. The van der Waals surface area contributed by atoms with Crippen LogP contribution < -0.4 is 26.2 Å². The molecule has 2 aliphatic heterocycles. The van der Waals surface area contributed by atoms with Crippen LogP contribution in [-0.4, -0.2) is 47.2 Å². The quantitative estimate of drug-likeness (QED) is 0.390. The van der Waals surface area contributed by atoms with Gasteiger partial charge in [-0.05, 0) is 54.8 Å². The monoisotopic (exact) mass is 551 g/mol. The zero-order chi connectivity index (χ0) is 27.2. The van der Waals surface area contributed by atoms with Crippen molar-refractivity contribution in [2.75, 3.05) is 30.4 Å². The first-order valence-corrected chi connectivity index (χ1v) is 13.4. The summed E-state index contributed by atoms with van der Waals surface area (Å²) in [4.78, 5) is 42.4. The van der Waals surface area contributed by atoms with E-state index in [9.17, 15) is 14.4 Å². The van der Waals surface area contributed by atoms with E-state index in [1.807, 2.05) is 24.3 Å². The lowest BCUT2D eigenvalue weighted by atomic mass is 9.99. The minimum absolute atomic E-state index is 0.0123.